The van der Waals surface area contributed by atoms with E-state index >= 15 is 0 Å². The lowest BCUT2D eigenvalue weighted by atomic mass is 10.0. The number of aromatic hydroxyl groups is 1. The van der Waals surface area contributed by atoms with E-state index in [1.54, 1.807) is 18.2 Å². The minimum absolute atomic E-state index is 0.121. The van der Waals surface area contributed by atoms with Gasteiger partial charge in [-0.2, -0.15) is 5.26 Å². The maximum Gasteiger partial charge on any atom is 0.161 e. The number of phenolic OH excluding ortho intramolecular Hbond substituents is 1. The van der Waals surface area contributed by atoms with Gasteiger partial charge in [0.15, 0.2) is 11.5 Å². The van der Waals surface area contributed by atoms with Crippen molar-refractivity contribution in [1.29, 1.82) is 5.26 Å². The van der Waals surface area contributed by atoms with Gasteiger partial charge in [-0.1, -0.05) is 34.1 Å². The summed E-state index contributed by atoms with van der Waals surface area (Å²) in [5.41, 5.74) is 2.89. The predicted octanol–water partition coefficient (Wildman–Crippen LogP) is 5.35. The van der Waals surface area contributed by atoms with E-state index in [-0.39, 0.29) is 5.75 Å². The summed E-state index contributed by atoms with van der Waals surface area (Å²) in [4.78, 5) is 0. The molecule has 0 radical (unpaired) electrons. The Labute approximate surface area is 150 Å². The fourth-order valence-electron chi connectivity index (χ4n) is 2.33. The molecule has 0 spiro atoms. The minimum Gasteiger partial charge on any atom is -0.504 e. The zero-order chi connectivity index (χ0) is 17.5. The van der Waals surface area contributed by atoms with E-state index in [1.807, 2.05) is 37.3 Å². The molecular formula is C20H18BrNO2. The number of allylic oxidation sites excluding steroid dienone is 2. The van der Waals surface area contributed by atoms with Gasteiger partial charge in [-0.25, -0.2) is 0 Å². The summed E-state index contributed by atoms with van der Waals surface area (Å²) in [5, 5.41) is 19.7. The molecule has 0 aliphatic heterocycles. The number of ether oxygens (including phenoxy) is 1. The lowest BCUT2D eigenvalue weighted by Crippen LogP contribution is -1.95. The number of hydrogen-bond donors (Lipinski definition) is 1. The van der Waals surface area contributed by atoms with Crippen LogP contribution in [0.5, 0.6) is 11.5 Å². The van der Waals surface area contributed by atoms with E-state index in [1.165, 1.54) is 0 Å². The Morgan fingerprint density at radius 1 is 1.33 bits per heavy atom. The summed E-state index contributed by atoms with van der Waals surface area (Å²) in [6.07, 6.45) is 4.03. The molecule has 0 aliphatic carbocycles. The zero-order valence-corrected chi connectivity index (χ0v) is 15.0. The summed E-state index contributed by atoms with van der Waals surface area (Å²) in [7, 11) is 0. The van der Waals surface area contributed by atoms with Crippen LogP contribution in [-0.4, -0.2) is 11.7 Å². The quantitative estimate of drug-likeness (QED) is 0.415. The highest BCUT2D eigenvalue weighted by atomic mass is 79.9. The monoisotopic (exact) mass is 383 g/mol. The van der Waals surface area contributed by atoms with Gasteiger partial charge in [0.05, 0.1) is 18.2 Å². The molecule has 0 aliphatic rings. The average Bonchev–Trinajstić information content (AvgIpc) is 2.58. The van der Waals surface area contributed by atoms with E-state index in [4.69, 9.17) is 4.74 Å². The Hall–Kier alpha value is -2.51. The third-order valence-corrected chi connectivity index (χ3v) is 3.96. The molecule has 2 rings (SSSR count). The topological polar surface area (TPSA) is 53.2 Å². The molecule has 0 heterocycles. The smallest absolute Gasteiger partial charge is 0.161 e. The van der Waals surface area contributed by atoms with E-state index in [0.717, 1.165) is 21.2 Å². The van der Waals surface area contributed by atoms with Crippen molar-refractivity contribution in [2.45, 2.75) is 13.3 Å². The Bertz CT molecular complexity index is 802. The molecule has 0 bridgehead atoms. The average molecular weight is 384 g/mol. The van der Waals surface area contributed by atoms with Crippen LogP contribution < -0.4 is 4.74 Å². The van der Waals surface area contributed by atoms with Gasteiger partial charge in [-0.05, 0) is 54.8 Å². The molecule has 0 aromatic heterocycles. The number of hydrogen-bond acceptors (Lipinski definition) is 3. The van der Waals surface area contributed by atoms with Gasteiger partial charge in [0.1, 0.15) is 0 Å². The molecule has 122 valence electrons. The highest BCUT2D eigenvalue weighted by molar-refractivity contribution is 9.10. The SMILES string of the molecule is C=CCc1cc(/C=C(/C#N)c2ccc(Br)cc2)cc(OCC)c1O. The van der Waals surface area contributed by atoms with Gasteiger partial charge in [0, 0.05) is 10.0 Å². The summed E-state index contributed by atoms with van der Waals surface area (Å²) in [6.45, 7) is 6.02. The lowest BCUT2D eigenvalue weighted by molar-refractivity contribution is 0.317. The summed E-state index contributed by atoms with van der Waals surface area (Å²) in [5.74, 6) is 0.534. The second-order valence-electron chi connectivity index (χ2n) is 5.13. The maximum atomic E-state index is 10.3. The lowest BCUT2D eigenvalue weighted by Gasteiger charge is -2.11. The van der Waals surface area contributed by atoms with Gasteiger partial charge in [-0.3, -0.25) is 0 Å². The molecule has 2 aromatic rings. The third kappa shape index (κ3) is 4.27. The Morgan fingerprint density at radius 2 is 2.04 bits per heavy atom. The van der Waals surface area contributed by atoms with E-state index in [0.29, 0.717) is 24.4 Å². The molecule has 24 heavy (non-hydrogen) atoms. The second-order valence-corrected chi connectivity index (χ2v) is 6.04. The first kappa shape index (κ1) is 17.8. The van der Waals surface area contributed by atoms with E-state index < -0.39 is 0 Å². The second kappa shape index (κ2) is 8.37. The number of nitrogens with zero attached hydrogens (tertiary/aromatic N) is 1. The van der Waals surface area contributed by atoms with Crippen molar-refractivity contribution in [2.24, 2.45) is 0 Å². The Kier molecular flexibility index (Phi) is 6.22. The van der Waals surface area contributed by atoms with E-state index in [2.05, 4.69) is 28.6 Å². The van der Waals surface area contributed by atoms with Crippen molar-refractivity contribution < 1.29 is 9.84 Å². The van der Waals surface area contributed by atoms with Crippen LogP contribution in [0.2, 0.25) is 0 Å². The number of benzene rings is 2. The van der Waals surface area contributed by atoms with Crippen molar-refractivity contribution in [3.05, 3.63) is 70.2 Å². The van der Waals surface area contributed by atoms with Gasteiger partial charge in [-0.15, -0.1) is 6.58 Å². The van der Waals surface area contributed by atoms with Crippen LogP contribution in [0.1, 0.15) is 23.6 Å². The molecule has 2 aromatic carbocycles. The Balaban J connectivity index is 2.51. The molecule has 1 N–H and O–H groups in total. The first-order valence-electron chi connectivity index (χ1n) is 7.56. The van der Waals surface area contributed by atoms with Gasteiger partial charge in [0.25, 0.3) is 0 Å². The normalized spacial score (nSPS) is 11.0. The summed E-state index contributed by atoms with van der Waals surface area (Å²) < 4.78 is 6.46. The third-order valence-electron chi connectivity index (χ3n) is 3.43. The van der Waals surface area contributed by atoms with Crippen LogP contribution in [0.3, 0.4) is 0 Å². The standard InChI is InChI=1S/C20H18BrNO2/c1-3-5-16-10-14(12-19(20(16)23)24-4-2)11-17(13-22)15-6-8-18(21)9-7-15/h3,6-12,23H,1,4-5H2,2H3/b17-11-. The van der Waals surface area contributed by atoms with Crippen LogP contribution in [0, 0.1) is 11.3 Å². The molecular weight excluding hydrogens is 366 g/mol. The Morgan fingerprint density at radius 3 is 2.62 bits per heavy atom. The first-order chi connectivity index (χ1) is 11.6. The van der Waals surface area contributed by atoms with Gasteiger partial charge >= 0.3 is 0 Å². The molecule has 3 nitrogen and oxygen atoms in total. The van der Waals surface area contributed by atoms with Crippen LogP contribution in [0.25, 0.3) is 11.6 Å². The summed E-state index contributed by atoms with van der Waals surface area (Å²) in [6, 6.07) is 13.4. The first-order valence-corrected chi connectivity index (χ1v) is 8.35. The molecule has 4 heteroatoms. The molecule has 0 saturated heterocycles. The highest BCUT2D eigenvalue weighted by Gasteiger charge is 2.10. The number of rotatable bonds is 6. The summed E-state index contributed by atoms with van der Waals surface area (Å²) >= 11 is 3.39. The van der Waals surface area contributed by atoms with Crippen molar-refractivity contribution >= 4 is 27.6 Å². The van der Waals surface area contributed by atoms with Crippen molar-refractivity contribution in [3.63, 3.8) is 0 Å². The van der Waals surface area contributed by atoms with Gasteiger partial charge in [0.2, 0.25) is 0 Å². The predicted molar refractivity (Wildman–Crippen MR) is 101 cm³/mol. The number of halogens is 1. The molecule has 0 fully saturated rings. The fourth-order valence-corrected chi connectivity index (χ4v) is 2.59. The number of nitriles is 1. The van der Waals surface area contributed by atoms with Crippen molar-refractivity contribution in [1.82, 2.24) is 0 Å². The van der Waals surface area contributed by atoms with Crippen molar-refractivity contribution in [3.8, 4) is 17.6 Å². The molecule has 0 amide bonds. The minimum atomic E-state index is 0.121. The molecule has 0 saturated carbocycles. The van der Waals surface area contributed by atoms with Crippen molar-refractivity contribution in [2.75, 3.05) is 6.61 Å². The molecule has 0 unspecified atom stereocenters. The van der Waals surface area contributed by atoms with Crippen LogP contribution in [-0.2, 0) is 6.42 Å². The van der Waals surface area contributed by atoms with E-state index in [9.17, 15) is 10.4 Å². The fraction of sp³-hybridized carbons (Fsp3) is 0.150. The largest absolute Gasteiger partial charge is 0.504 e. The maximum absolute atomic E-state index is 10.3. The van der Waals surface area contributed by atoms with Crippen LogP contribution in [0.15, 0.2) is 53.5 Å². The van der Waals surface area contributed by atoms with Crippen LogP contribution in [0.4, 0.5) is 0 Å². The molecule has 0 atom stereocenters. The number of phenols is 1. The van der Waals surface area contributed by atoms with Gasteiger partial charge < -0.3 is 9.84 Å². The zero-order valence-electron chi connectivity index (χ0n) is 13.4. The van der Waals surface area contributed by atoms with Crippen LogP contribution >= 0.6 is 15.9 Å². The highest BCUT2D eigenvalue weighted by Crippen LogP contribution is 2.33.